The van der Waals surface area contributed by atoms with Crippen molar-refractivity contribution in [2.75, 3.05) is 19.7 Å². The summed E-state index contributed by atoms with van der Waals surface area (Å²) >= 11 is 0. The first-order chi connectivity index (χ1) is 13.8. The molecule has 0 radical (unpaired) electrons. The minimum Gasteiger partial charge on any atom is -0.481 e. The van der Waals surface area contributed by atoms with E-state index in [1.165, 1.54) is 13.8 Å². The van der Waals surface area contributed by atoms with Gasteiger partial charge in [0.2, 0.25) is 17.7 Å². The Hall–Kier alpha value is -3.10. The summed E-state index contributed by atoms with van der Waals surface area (Å²) in [6.07, 6.45) is -0.941. The fourth-order valence-corrected chi connectivity index (χ4v) is 2.29. The van der Waals surface area contributed by atoms with Crippen LogP contribution in [0.1, 0.15) is 20.3 Å². The van der Waals surface area contributed by atoms with Crippen molar-refractivity contribution in [2.45, 2.75) is 37.9 Å². The van der Waals surface area contributed by atoms with E-state index >= 15 is 0 Å². The van der Waals surface area contributed by atoms with Crippen LogP contribution in [-0.2, 0) is 28.8 Å². The highest BCUT2D eigenvalue weighted by Gasteiger charge is 2.48. The lowest BCUT2D eigenvalue weighted by Gasteiger charge is -2.31. The molecular weight excluding hydrogens is 406 g/mol. The topological polar surface area (TPSA) is 251 Å². The number of nitrogens with one attached hydrogen (secondary N) is 3. The van der Waals surface area contributed by atoms with Crippen LogP contribution in [0.2, 0.25) is 0 Å². The molecule has 0 bridgehead atoms. The molecule has 0 saturated carbocycles. The standard InChI is InChI=1S/C16H27N5O9/c1-7(2)16(18,15(29)30)13(27)8(3-12(25)26)20-11(24)5-19-14(28)9(6-22)21-10(23)4-17/h7-9,22H,3-6,17-18H2,1-2H3,(H,19,28)(H,20,24)(H,21,23)(H,25,26)(H,29,30). The number of amides is 3. The number of aliphatic hydroxyl groups is 1. The van der Waals surface area contributed by atoms with Crippen molar-refractivity contribution in [3.63, 3.8) is 0 Å². The van der Waals surface area contributed by atoms with E-state index in [1.54, 1.807) is 0 Å². The summed E-state index contributed by atoms with van der Waals surface area (Å²) in [6.45, 7) is 0.697. The normalized spacial score (nSPS) is 14.7. The molecule has 0 aromatic rings. The van der Waals surface area contributed by atoms with Gasteiger partial charge in [0.05, 0.1) is 26.1 Å². The molecule has 14 nitrogen and oxygen atoms in total. The predicted molar refractivity (Wildman–Crippen MR) is 99.7 cm³/mol. The molecule has 0 rings (SSSR count). The van der Waals surface area contributed by atoms with Gasteiger partial charge in [-0.25, -0.2) is 4.79 Å². The van der Waals surface area contributed by atoms with Crippen molar-refractivity contribution in [3.8, 4) is 0 Å². The van der Waals surface area contributed by atoms with E-state index in [0.717, 1.165) is 0 Å². The minimum absolute atomic E-state index is 0.441. The number of nitrogens with two attached hydrogens (primary N) is 2. The van der Waals surface area contributed by atoms with Gasteiger partial charge in [-0.15, -0.1) is 0 Å². The Morgan fingerprint density at radius 1 is 0.967 bits per heavy atom. The first kappa shape index (κ1) is 26.9. The number of hydrogen-bond donors (Lipinski definition) is 8. The minimum atomic E-state index is -2.45. The molecule has 0 fully saturated rings. The van der Waals surface area contributed by atoms with Crippen LogP contribution in [0.4, 0.5) is 0 Å². The maximum Gasteiger partial charge on any atom is 0.331 e. The van der Waals surface area contributed by atoms with E-state index in [2.05, 4.69) is 10.6 Å². The van der Waals surface area contributed by atoms with Crippen molar-refractivity contribution in [1.29, 1.82) is 0 Å². The maximum atomic E-state index is 12.6. The Morgan fingerprint density at radius 3 is 1.90 bits per heavy atom. The molecule has 3 unspecified atom stereocenters. The summed E-state index contributed by atoms with van der Waals surface area (Å²) in [6, 6.07) is -3.17. The first-order valence-corrected chi connectivity index (χ1v) is 8.76. The van der Waals surface area contributed by atoms with Crippen LogP contribution < -0.4 is 27.4 Å². The van der Waals surface area contributed by atoms with Gasteiger partial charge in [-0.2, -0.15) is 0 Å². The van der Waals surface area contributed by atoms with Crippen molar-refractivity contribution >= 4 is 35.4 Å². The van der Waals surface area contributed by atoms with Crippen LogP contribution in [0.5, 0.6) is 0 Å². The number of carboxylic acids is 2. The number of rotatable bonds is 13. The number of hydrogen-bond acceptors (Lipinski definition) is 9. The number of carbonyl (C=O) groups excluding carboxylic acids is 4. The summed E-state index contributed by atoms with van der Waals surface area (Å²) in [7, 11) is 0. The van der Waals surface area contributed by atoms with E-state index < -0.39 is 85.1 Å². The zero-order valence-electron chi connectivity index (χ0n) is 16.5. The van der Waals surface area contributed by atoms with Gasteiger partial charge in [-0.3, -0.25) is 24.0 Å². The van der Waals surface area contributed by atoms with Gasteiger partial charge in [-0.1, -0.05) is 13.8 Å². The van der Waals surface area contributed by atoms with Crippen molar-refractivity contribution < 1.29 is 44.1 Å². The molecule has 0 spiro atoms. The lowest BCUT2D eigenvalue weighted by molar-refractivity contribution is -0.153. The Bertz CT molecular complexity index is 697. The number of carbonyl (C=O) groups is 6. The zero-order valence-corrected chi connectivity index (χ0v) is 16.5. The van der Waals surface area contributed by atoms with Crippen molar-refractivity contribution in [2.24, 2.45) is 17.4 Å². The lowest BCUT2D eigenvalue weighted by atomic mass is 9.79. The van der Waals surface area contributed by atoms with Gasteiger partial charge in [0.25, 0.3) is 0 Å². The second-order valence-electron chi connectivity index (χ2n) is 6.64. The third-order valence-corrected chi connectivity index (χ3v) is 4.15. The average molecular weight is 433 g/mol. The Balaban J connectivity index is 5.23. The molecule has 14 heteroatoms. The third-order valence-electron chi connectivity index (χ3n) is 4.15. The van der Waals surface area contributed by atoms with Crippen molar-refractivity contribution in [1.82, 2.24) is 16.0 Å². The summed E-state index contributed by atoms with van der Waals surface area (Å²) in [5.41, 5.74) is 8.30. The maximum absolute atomic E-state index is 12.6. The van der Waals surface area contributed by atoms with Gasteiger partial charge in [0.1, 0.15) is 12.1 Å². The van der Waals surface area contributed by atoms with Gasteiger partial charge < -0.3 is 42.7 Å². The second-order valence-corrected chi connectivity index (χ2v) is 6.64. The number of ketones is 1. The van der Waals surface area contributed by atoms with E-state index in [4.69, 9.17) is 21.7 Å². The number of aliphatic hydroxyl groups excluding tert-OH is 1. The SMILES string of the molecule is CC(C)C(N)(C(=O)O)C(=O)C(CC(=O)O)NC(=O)CNC(=O)C(CO)NC(=O)CN. The first-order valence-electron chi connectivity index (χ1n) is 8.76. The van der Waals surface area contributed by atoms with E-state index in [-0.39, 0.29) is 0 Å². The van der Waals surface area contributed by atoms with Crippen LogP contribution in [0, 0.1) is 5.92 Å². The largest absolute Gasteiger partial charge is 0.481 e. The van der Waals surface area contributed by atoms with E-state index in [9.17, 15) is 33.9 Å². The fraction of sp³-hybridized carbons (Fsp3) is 0.625. The summed E-state index contributed by atoms with van der Waals surface area (Å²) in [5, 5.41) is 33.6. The average Bonchev–Trinajstić information content (AvgIpc) is 2.67. The molecule has 0 aliphatic rings. The molecule has 170 valence electrons. The smallest absolute Gasteiger partial charge is 0.331 e. The molecule has 0 saturated heterocycles. The number of Topliss-reactive ketones (excluding diaryl/α,β-unsaturated/α-hetero) is 1. The molecule has 0 aromatic carbocycles. The molecule has 3 atom stereocenters. The number of aliphatic carboxylic acids is 2. The highest BCUT2D eigenvalue weighted by Crippen LogP contribution is 2.19. The summed E-state index contributed by atoms with van der Waals surface area (Å²) in [4.78, 5) is 70.3. The van der Waals surface area contributed by atoms with Gasteiger partial charge in [0, 0.05) is 0 Å². The third kappa shape index (κ3) is 7.38. The zero-order chi connectivity index (χ0) is 23.6. The molecular formula is C16H27N5O9. The Labute approximate surface area is 171 Å². The predicted octanol–water partition coefficient (Wildman–Crippen LogP) is -4.49. The molecule has 0 aliphatic carbocycles. The van der Waals surface area contributed by atoms with Crippen LogP contribution in [0.15, 0.2) is 0 Å². The molecule has 30 heavy (non-hydrogen) atoms. The van der Waals surface area contributed by atoms with Crippen LogP contribution in [-0.4, -0.2) is 88.1 Å². The van der Waals surface area contributed by atoms with E-state index in [1.807, 2.05) is 5.32 Å². The molecule has 3 amide bonds. The van der Waals surface area contributed by atoms with E-state index in [0.29, 0.717) is 0 Å². The van der Waals surface area contributed by atoms with Crippen LogP contribution in [0.3, 0.4) is 0 Å². The summed E-state index contributed by atoms with van der Waals surface area (Å²) < 4.78 is 0. The molecule has 0 heterocycles. The van der Waals surface area contributed by atoms with Gasteiger partial charge >= 0.3 is 11.9 Å². The Morgan fingerprint density at radius 2 is 1.50 bits per heavy atom. The van der Waals surface area contributed by atoms with Crippen LogP contribution >= 0.6 is 0 Å². The molecule has 0 aromatic heterocycles. The Kier molecular flexibility index (Phi) is 10.6. The quantitative estimate of drug-likeness (QED) is 0.128. The van der Waals surface area contributed by atoms with Crippen LogP contribution in [0.25, 0.3) is 0 Å². The number of carboxylic acid groups (broad SMARTS) is 2. The highest BCUT2D eigenvalue weighted by atomic mass is 16.4. The molecule has 0 aliphatic heterocycles. The fourth-order valence-electron chi connectivity index (χ4n) is 2.29. The van der Waals surface area contributed by atoms with Gasteiger partial charge in [0.15, 0.2) is 11.3 Å². The highest BCUT2D eigenvalue weighted by molar-refractivity contribution is 6.11. The molecule has 10 N–H and O–H groups in total. The monoisotopic (exact) mass is 433 g/mol. The van der Waals surface area contributed by atoms with Crippen molar-refractivity contribution in [3.05, 3.63) is 0 Å². The second kappa shape index (κ2) is 11.8. The lowest BCUT2D eigenvalue weighted by Crippen LogP contribution is -2.65. The summed E-state index contributed by atoms with van der Waals surface area (Å²) in [5.74, 6) is -8.05. The van der Waals surface area contributed by atoms with Gasteiger partial charge in [-0.05, 0) is 5.92 Å².